The molecule has 21 heavy (non-hydrogen) atoms. The van der Waals surface area contributed by atoms with Crippen LogP contribution in [0.15, 0.2) is 67.0 Å². The van der Waals surface area contributed by atoms with E-state index in [0.717, 1.165) is 23.6 Å². The molecule has 5 heteroatoms. The van der Waals surface area contributed by atoms with Gasteiger partial charge in [-0.3, -0.25) is 4.98 Å². The molecule has 3 aromatic rings. The topological polar surface area (TPSA) is 17.8 Å². The molecule has 106 valence electrons. The van der Waals surface area contributed by atoms with E-state index in [4.69, 9.17) is 0 Å². The second-order valence-corrected chi connectivity index (χ2v) is 4.53. The van der Waals surface area contributed by atoms with Gasteiger partial charge in [-0.15, -0.1) is 0 Å². The van der Waals surface area contributed by atoms with E-state index in [1.54, 1.807) is 0 Å². The molecule has 0 fully saturated rings. The van der Waals surface area contributed by atoms with Crippen LogP contribution in [0.25, 0.3) is 17.1 Å². The lowest BCUT2D eigenvalue weighted by Gasteiger charge is -2.10. The minimum Gasteiger partial charge on any atom is -0.315 e. The summed E-state index contributed by atoms with van der Waals surface area (Å²) in [6, 6.07) is 15.6. The summed E-state index contributed by atoms with van der Waals surface area (Å²) < 4.78 is 39.6. The summed E-state index contributed by atoms with van der Waals surface area (Å²) in [5, 5.41) is 0. The summed E-state index contributed by atoms with van der Waals surface area (Å²) in [5.74, 6) is 0. The van der Waals surface area contributed by atoms with Crippen molar-refractivity contribution in [1.82, 2.24) is 9.55 Å². The maximum absolute atomic E-state index is 12.6. The fourth-order valence-electron chi connectivity index (χ4n) is 2.12. The van der Waals surface area contributed by atoms with Crippen LogP contribution in [0.1, 0.15) is 5.56 Å². The fraction of sp³-hybridized carbons (Fsp3) is 0.0625. The van der Waals surface area contributed by atoms with E-state index in [0.29, 0.717) is 5.69 Å². The maximum atomic E-state index is 12.6. The van der Waals surface area contributed by atoms with Crippen LogP contribution in [-0.4, -0.2) is 9.55 Å². The normalized spacial score (nSPS) is 11.6. The maximum Gasteiger partial charge on any atom is 0.417 e. The first kappa shape index (κ1) is 13.4. The first-order valence-corrected chi connectivity index (χ1v) is 6.32. The zero-order valence-electron chi connectivity index (χ0n) is 10.9. The van der Waals surface area contributed by atoms with Gasteiger partial charge in [0.25, 0.3) is 0 Å². The molecule has 0 bridgehead atoms. The predicted molar refractivity (Wildman–Crippen MR) is 74.0 cm³/mol. The van der Waals surface area contributed by atoms with Crippen LogP contribution in [0, 0.1) is 0 Å². The molecule has 0 atom stereocenters. The number of hydrogen-bond donors (Lipinski definition) is 0. The minimum atomic E-state index is -4.37. The number of rotatable bonds is 2. The first-order chi connectivity index (χ1) is 10.1. The molecule has 3 rings (SSSR count). The highest BCUT2D eigenvalue weighted by atomic mass is 19.4. The highest BCUT2D eigenvalue weighted by Gasteiger charge is 2.30. The monoisotopic (exact) mass is 288 g/mol. The van der Waals surface area contributed by atoms with Gasteiger partial charge in [-0.05, 0) is 36.4 Å². The van der Waals surface area contributed by atoms with Crippen molar-refractivity contribution in [3.8, 4) is 17.1 Å². The number of hydrogen-bond acceptors (Lipinski definition) is 1. The van der Waals surface area contributed by atoms with Crippen LogP contribution in [0.3, 0.4) is 0 Å². The molecule has 0 spiro atoms. The molecular weight excluding hydrogens is 277 g/mol. The van der Waals surface area contributed by atoms with E-state index in [2.05, 4.69) is 4.98 Å². The third kappa shape index (κ3) is 2.67. The Morgan fingerprint density at radius 3 is 2.24 bits per heavy atom. The van der Waals surface area contributed by atoms with Crippen LogP contribution in [0.4, 0.5) is 13.2 Å². The van der Waals surface area contributed by atoms with E-state index in [9.17, 15) is 13.2 Å². The van der Waals surface area contributed by atoms with Gasteiger partial charge in [0, 0.05) is 18.1 Å². The predicted octanol–water partition coefficient (Wildman–Crippen LogP) is 4.56. The summed E-state index contributed by atoms with van der Waals surface area (Å²) in [4.78, 5) is 3.93. The summed E-state index contributed by atoms with van der Waals surface area (Å²) in [7, 11) is 0. The van der Waals surface area contributed by atoms with Crippen LogP contribution in [0.2, 0.25) is 0 Å². The lowest BCUT2D eigenvalue weighted by Crippen LogP contribution is -2.05. The van der Waals surface area contributed by atoms with Crippen molar-refractivity contribution in [3.63, 3.8) is 0 Å². The van der Waals surface area contributed by atoms with Crippen molar-refractivity contribution in [2.24, 2.45) is 0 Å². The molecule has 0 N–H and O–H groups in total. The second kappa shape index (κ2) is 5.09. The molecule has 0 saturated carbocycles. The van der Waals surface area contributed by atoms with Crippen molar-refractivity contribution in [2.45, 2.75) is 6.18 Å². The molecule has 2 nitrogen and oxygen atoms in total. The molecular formula is C16H11F3N2. The van der Waals surface area contributed by atoms with Gasteiger partial charge in [0.1, 0.15) is 0 Å². The average Bonchev–Trinajstić information content (AvgIpc) is 2.97. The Morgan fingerprint density at radius 2 is 1.62 bits per heavy atom. The second-order valence-electron chi connectivity index (χ2n) is 4.53. The molecule has 0 radical (unpaired) electrons. The molecule has 2 heterocycles. The van der Waals surface area contributed by atoms with Crippen molar-refractivity contribution in [1.29, 1.82) is 0 Å². The zero-order valence-corrected chi connectivity index (χ0v) is 10.9. The molecule has 0 unspecified atom stereocenters. The van der Waals surface area contributed by atoms with E-state index in [1.165, 1.54) is 6.07 Å². The Bertz CT molecular complexity index is 728. The van der Waals surface area contributed by atoms with E-state index < -0.39 is 11.7 Å². The quantitative estimate of drug-likeness (QED) is 0.676. The highest BCUT2D eigenvalue weighted by molar-refractivity contribution is 5.59. The molecule has 0 amide bonds. The van der Waals surface area contributed by atoms with Crippen LogP contribution < -0.4 is 0 Å². The lowest BCUT2D eigenvalue weighted by molar-refractivity contribution is -0.137. The summed E-state index contributed by atoms with van der Waals surface area (Å²) >= 11 is 0. The van der Waals surface area contributed by atoms with Crippen molar-refractivity contribution in [2.75, 3.05) is 0 Å². The third-order valence-corrected chi connectivity index (χ3v) is 3.14. The third-order valence-electron chi connectivity index (χ3n) is 3.14. The van der Waals surface area contributed by atoms with Crippen LogP contribution >= 0.6 is 0 Å². The number of benzene rings is 1. The van der Waals surface area contributed by atoms with Gasteiger partial charge >= 0.3 is 6.18 Å². The van der Waals surface area contributed by atoms with Gasteiger partial charge < -0.3 is 4.57 Å². The van der Waals surface area contributed by atoms with Crippen LogP contribution in [-0.2, 0) is 6.18 Å². The Hall–Kier alpha value is -2.56. The number of para-hydroxylation sites is 1. The number of pyridine rings is 1. The van der Waals surface area contributed by atoms with Gasteiger partial charge in [0.05, 0.1) is 17.0 Å². The number of alkyl halides is 3. The van der Waals surface area contributed by atoms with Crippen molar-refractivity contribution in [3.05, 3.63) is 72.6 Å². The number of aromatic nitrogens is 2. The molecule has 0 saturated heterocycles. The largest absolute Gasteiger partial charge is 0.417 e. The van der Waals surface area contributed by atoms with E-state index in [1.807, 2.05) is 53.2 Å². The highest BCUT2D eigenvalue weighted by Crippen LogP contribution is 2.30. The van der Waals surface area contributed by atoms with Gasteiger partial charge in [0.2, 0.25) is 0 Å². The van der Waals surface area contributed by atoms with Gasteiger partial charge in [-0.2, -0.15) is 13.2 Å². The van der Waals surface area contributed by atoms with E-state index >= 15 is 0 Å². The van der Waals surface area contributed by atoms with Crippen LogP contribution in [0.5, 0.6) is 0 Å². The van der Waals surface area contributed by atoms with E-state index in [-0.39, 0.29) is 0 Å². The minimum absolute atomic E-state index is 0.497. The molecule has 2 aromatic heterocycles. The lowest BCUT2D eigenvalue weighted by atomic mass is 10.2. The summed E-state index contributed by atoms with van der Waals surface area (Å²) in [6.07, 6.45) is -1.66. The number of nitrogens with zero attached hydrogens (tertiary/aromatic N) is 2. The van der Waals surface area contributed by atoms with Crippen molar-refractivity contribution < 1.29 is 13.2 Å². The fourth-order valence-corrected chi connectivity index (χ4v) is 2.12. The Balaban J connectivity index is 2.01. The number of halogens is 3. The first-order valence-electron chi connectivity index (χ1n) is 6.32. The molecule has 0 aliphatic heterocycles. The molecule has 1 aromatic carbocycles. The molecule has 0 aliphatic rings. The average molecular weight is 288 g/mol. The van der Waals surface area contributed by atoms with Gasteiger partial charge in [-0.1, -0.05) is 18.2 Å². The zero-order chi connectivity index (χ0) is 14.9. The standard InChI is InChI=1S/C16H11F3N2/c17-16(18,19)12-8-9-14(20-11-12)15-7-4-10-21(15)13-5-2-1-3-6-13/h1-11H. The smallest absolute Gasteiger partial charge is 0.315 e. The summed E-state index contributed by atoms with van der Waals surface area (Å²) in [6.45, 7) is 0. The van der Waals surface area contributed by atoms with Crippen molar-refractivity contribution >= 4 is 0 Å². The Labute approximate surface area is 119 Å². The van der Waals surface area contributed by atoms with Gasteiger partial charge in [-0.25, -0.2) is 0 Å². The summed E-state index contributed by atoms with van der Waals surface area (Å²) in [5.41, 5.74) is 1.43. The Kier molecular flexibility index (Phi) is 3.25. The van der Waals surface area contributed by atoms with Gasteiger partial charge in [0.15, 0.2) is 0 Å². The SMILES string of the molecule is FC(F)(F)c1ccc(-c2cccn2-c2ccccc2)nc1. The molecule has 0 aliphatic carbocycles. The Morgan fingerprint density at radius 1 is 0.857 bits per heavy atom.